The van der Waals surface area contributed by atoms with E-state index in [1.54, 1.807) is 12.1 Å². The molecule has 3 aromatic carbocycles. The second-order valence-corrected chi connectivity index (χ2v) is 8.18. The molecule has 31 heavy (non-hydrogen) atoms. The zero-order valence-corrected chi connectivity index (χ0v) is 17.8. The molecule has 0 atom stereocenters. The van der Waals surface area contributed by atoms with Gasteiger partial charge in [-0.05, 0) is 48.0 Å². The lowest BCUT2D eigenvalue weighted by Gasteiger charge is -2.11. The zero-order valence-electron chi connectivity index (χ0n) is 16.3. The van der Waals surface area contributed by atoms with E-state index in [0.717, 1.165) is 11.1 Å². The number of hydrogen-bond donors (Lipinski definition) is 2. The number of rotatable bonds is 7. The largest absolute Gasteiger partial charge is 0.504 e. The van der Waals surface area contributed by atoms with Crippen LogP contribution in [0, 0.1) is 0 Å². The molecule has 0 radical (unpaired) electrons. The van der Waals surface area contributed by atoms with Crippen LogP contribution in [0.15, 0.2) is 78.0 Å². The number of phenolic OH excluding ortho intramolecular Hbond substituents is 2. The number of nitrogens with zero attached hydrogens (tertiary/aromatic N) is 3. The van der Waals surface area contributed by atoms with Gasteiger partial charge in [-0.3, -0.25) is 9.36 Å². The van der Waals surface area contributed by atoms with Gasteiger partial charge in [0.2, 0.25) is 0 Å². The van der Waals surface area contributed by atoms with Crippen molar-refractivity contribution in [3.05, 3.63) is 88.9 Å². The molecule has 0 amide bonds. The number of thioether (sulfide) groups is 1. The summed E-state index contributed by atoms with van der Waals surface area (Å²) < 4.78 is 1.96. The van der Waals surface area contributed by atoms with Gasteiger partial charge in [0.25, 0.3) is 0 Å². The number of carbonyl (C=O) groups is 1. The van der Waals surface area contributed by atoms with Crippen molar-refractivity contribution >= 4 is 29.1 Å². The molecule has 4 aromatic rings. The molecule has 8 heteroatoms. The Hall–Kier alpha value is -3.29. The first-order valence-electron chi connectivity index (χ1n) is 9.42. The van der Waals surface area contributed by atoms with E-state index < -0.39 is 0 Å². The lowest BCUT2D eigenvalue weighted by molar-refractivity contribution is 0.102. The molecule has 0 aliphatic carbocycles. The van der Waals surface area contributed by atoms with Crippen LogP contribution in [0.1, 0.15) is 15.9 Å². The number of aromatic nitrogens is 3. The van der Waals surface area contributed by atoms with Gasteiger partial charge in [0, 0.05) is 16.1 Å². The molecule has 156 valence electrons. The molecule has 0 spiro atoms. The molecule has 1 aromatic heterocycles. The molecule has 2 N–H and O–H groups in total. The summed E-state index contributed by atoms with van der Waals surface area (Å²) in [7, 11) is 0. The number of carbonyl (C=O) groups excluding carboxylic acids is 1. The smallest absolute Gasteiger partial charge is 0.192 e. The fraction of sp³-hybridized carbons (Fsp3) is 0.0870. The number of hydrogen-bond acceptors (Lipinski definition) is 6. The van der Waals surface area contributed by atoms with Crippen molar-refractivity contribution in [2.24, 2.45) is 0 Å². The van der Waals surface area contributed by atoms with Crippen LogP contribution in [0.2, 0.25) is 5.02 Å². The van der Waals surface area contributed by atoms with E-state index in [1.165, 1.54) is 30.0 Å². The Morgan fingerprint density at radius 2 is 1.68 bits per heavy atom. The Bertz CT molecular complexity index is 1210. The van der Waals surface area contributed by atoms with Gasteiger partial charge in [-0.2, -0.15) is 0 Å². The van der Waals surface area contributed by atoms with E-state index in [9.17, 15) is 15.0 Å². The average molecular weight is 452 g/mol. The van der Waals surface area contributed by atoms with Crippen molar-refractivity contribution in [1.82, 2.24) is 14.8 Å². The van der Waals surface area contributed by atoms with Crippen molar-refractivity contribution in [2.75, 3.05) is 5.75 Å². The fourth-order valence-corrected chi connectivity index (χ4v) is 3.99. The summed E-state index contributed by atoms with van der Waals surface area (Å²) in [5.74, 6) is 0.00507. The molecule has 4 rings (SSSR count). The fourth-order valence-electron chi connectivity index (χ4n) is 3.03. The van der Waals surface area contributed by atoms with Gasteiger partial charge >= 0.3 is 0 Å². The Kier molecular flexibility index (Phi) is 6.25. The van der Waals surface area contributed by atoms with Gasteiger partial charge in [0.05, 0.1) is 12.3 Å². The highest BCUT2D eigenvalue weighted by atomic mass is 35.5. The first kappa shape index (κ1) is 21.0. The minimum atomic E-state index is -0.326. The van der Waals surface area contributed by atoms with Gasteiger partial charge < -0.3 is 10.2 Å². The molecular formula is C23H18ClN3O3S. The van der Waals surface area contributed by atoms with Crippen LogP contribution in [-0.2, 0) is 6.54 Å². The molecule has 6 nitrogen and oxygen atoms in total. The third kappa shape index (κ3) is 4.90. The number of aromatic hydroxyl groups is 2. The lowest BCUT2D eigenvalue weighted by Crippen LogP contribution is -2.07. The molecule has 0 fully saturated rings. The Balaban J connectivity index is 1.61. The van der Waals surface area contributed by atoms with Crippen LogP contribution in [0.5, 0.6) is 11.5 Å². The molecule has 0 unspecified atom stereocenters. The van der Waals surface area contributed by atoms with Gasteiger partial charge in [0.15, 0.2) is 28.3 Å². The summed E-state index contributed by atoms with van der Waals surface area (Å²) in [5.41, 5.74) is 2.26. The second kappa shape index (κ2) is 9.24. The van der Waals surface area contributed by atoms with Crippen molar-refractivity contribution in [2.45, 2.75) is 11.7 Å². The summed E-state index contributed by atoms with van der Waals surface area (Å²) in [5, 5.41) is 29.0. The SMILES string of the molecule is O=C(CSc1nnc(-c2ccc(Cl)cc2)n1Cc1ccccc1)c1ccc(O)c(O)c1. The highest BCUT2D eigenvalue weighted by molar-refractivity contribution is 7.99. The van der Waals surface area contributed by atoms with Crippen LogP contribution in [-0.4, -0.2) is 36.5 Å². The third-order valence-electron chi connectivity index (χ3n) is 4.63. The van der Waals surface area contributed by atoms with E-state index in [4.69, 9.17) is 11.6 Å². The summed E-state index contributed by atoms with van der Waals surface area (Å²) in [4.78, 5) is 12.6. The highest BCUT2D eigenvalue weighted by Crippen LogP contribution is 2.28. The molecule has 0 aliphatic heterocycles. The Morgan fingerprint density at radius 3 is 2.39 bits per heavy atom. The van der Waals surface area contributed by atoms with Crippen molar-refractivity contribution in [3.8, 4) is 22.9 Å². The predicted molar refractivity (Wildman–Crippen MR) is 121 cm³/mol. The van der Waals surface area contributed by atoms with Gasteiger partial charge in [0.1, 0.15) is 0 Å². The van der Waals surface area contributed by atoms with Crippen molar-refractivity contribution in [3.63, 3.8) is 0 Å². The summed E-state index contributed by atoms with van der Waals surface area (Å²) >= 11 is 7.29. The lowest BCUT2D eigenvalue weighted by atomic mass is 10.1. The Labute approximate surface area is 188 Å². The second-order valence-electron chi connectivity index (χ2n) is 6.80. The third-order valence-corrected chi connectivity index (χ3v) is 5.85. The summed E-state index contributed by atoms with van der Waals surface area (Å²) in [6.07, 6.45) is 0. The van der Waals surface area contributed by atoms with E-state index >= 15 is 0 Å². The number of phenols is 2. The quantitative estimate of drug-likeness (QED) is 0.233. The molecular weight excluding hydrogens is 434 g/mol. The normalized spacial score (nSPS) is 10.9. The molecule has 0 aliphatic rings. The van der Waals surface area contributed by atoms with E-state index in [0.29, 0.717) is 28.1 Å². The molecule has 0 saturated carbocycles. The molecule has 0 bridgehead atoms. The minimum Gasteiger partial charge on any atom is -0.504 e. The van der Waals surface area contributed by atoms with Crippen LogP contribution in [0.25, 0.3) is 11.4 Å². The number of benzene rings is 3. The van der Waals surface area contributed by atoms with Crippen LogP contribution in [0.4, 0.5) is 0 Å². The van der Waals surface area contributed by atoms with Crippen molar-refractivity contribution < 1.29 is 15.0 Å². The Morgan fingerprint density at radius 1 is 0.935 bits per heavy atom. The minimum absolute atomic E-state index is 0.109. The average Bonchev–Trinajstić information content (AvgIpc) is 3.17. The first-order valence-corrected chi connectivity index (χ1v) is 10.8. The number of ketones is 1. The topological polar surface area (TPSA) is 88.2 Å². The monoisotopic (exact) mass is 451 g/mol. The summed E-state index contributed by atoms with van der Waals surface area (Å²) in [6.45, 7) is 0.544. The highest BCUT2D eigenvalue weighted by Gasteiger charge is 2.17. The standard InChI is InChI=1S/C23H18ClN3O3S/c24-18-9-6-16(7-10-18)22-25-26-23(27(22)13-15-4-2-1-3-5-15)31-14-21(30)17-8-11-19(28)20(29)12-17/h1-12,28-29H,13-14H2. The number of halogens is 1. The van der Waals surface area contributed by atoms with Crippen LogP contribution < -0.4 is 0 Å². The molecule has 1 heterocycles. The number of Topliss-reactive ketones (excluding diaryl/α,β-unsaturated/α-hetero) is 1. The predicted octanol–water partition coefficient (Wildman–Crippen LogP) is 5.03. The van der Waals surface area contributed by atoms with E-state index in [-0.39, 0.29) is 23.0 Å². The van der Waals surface area contributed by atoms with Crippen LogP contribution >= 0.6 is 23.4 Å². The van der Waals surface area contributed by atoms with Gasteiger partial charge in [-0.1, -0.05) is 53.7 Å². The van der Waals surface area contributed by atoms with Crippen molar-refractivity contribution in [1.29, 1.82) is 0 Å². The zero-order chi connectivity index (χ0) is 21.8. The maximum absolute atomic E-state index is 12.6. The summed E-state index contributed by atoms with van der Waals surface area (Å²) in [6, 6.07) is 21.3. The molecule has 0 saturated heterocycles. The first-order chi connectivity index (χ1) is 15.0. The van der Waals surface area contributed by atoms with Gasteiger partial charge in [-0.15, -0.1) is 10.2 Å². The van der Waals surface area contributed by atoms with Gasteiger partial charge in [-0.25, -0.2) is 0 Å². The van der Waals surface area contributed by atoms with E-state index in [2.05, 4.69) is 10.2 Å². The maximum atomic E-state index is 12.6. The van der Waals surface area contributed by atoms with E-state index in [1.807, 2.05) is 47.0 Å². The van der Waals surface area contributed by atoms with Crippen LogP contribution in [0.3, 0.4) is 0 Å². The maximum Gasteiger partial charge on any atom is 0.192 e.